The number of hydrogen-bond acceptors (Lipinski definition) is 6. The van der Waals surface area contributed by atoms with Crippen molar-refractivity contribution in [2.45, 2.75) is 111 Å². The quantitative estimate of drug-likeness (QED) is 0.130. The van der Waals surface area contributed by atoms with E-state index in [2.05, 4.69) is 24.7 Å². The third-order valence-corrected chi connectivity index (χ3v) is 11.6. The molecule has 0 heterocycles. The van der Waals surface area contributed by atoms with Gasteiger partial charge in [0, 0.05) is 13.0 Å². The van der Waals surface area contributed by atoms with Gasteiger partial charge in [0.2, 0.25) is 0 Å². The molecular weight excluding hydrogens is 518 g/mol. The van der Waals surface area contributed by atoms with Crippen LogP contribution in [0.3, 0.4) is 0 Å². The van der Waals surface area contributed by atoms with Crippen molar-refractivity contribution in [2.75, 3.05) is 21.0 Å². The van der Waals surface area contributed by atoms with Crippen molar-refractivity contribution < 1.29 is 37.3 Å². The monoisotopic (exact) mass is 568 g/mol. The van der Waals surface area contributed by atoms with Crippen LogP contribution in [0.5, 0.6) is 0 Å². The number of esters is 2. The van der Waals surface area contributed by atoms with E-state index in [0.29, 0.717) is 24.5 Å². The van der Waals surface area contributed by atoms with Gasteiger partial charge in [-0.05, 0) is 98.2 Å². The fourth-order valence-electron chi connectivity index (χ4n) is 9.33. The van der Waals surface area contributed by atoms with Gasteiger partial charge in [-0.3, -0.25) is 0 Å². The van der Waals surface area contributed by atoms with E-state index in [9.17, 15) is 9.59 Å². The number of alkyl halides is 2. The molecule has 0 saturated heterocycles. The predicted molar refractivity (Wildman–Crippen MR) is 147 cm³/mol. The van der Waals surface area contributed by atoms with E-state index in [0.717, 1.165) is 58.5 Å². The van der Waals surface area contributed by atoms with Gasteiger partial charge in [-0.15, -0.1) is 0 Å². The lowest BCUT2D eigenvalue weighted by molar-refractivity contribution is -0.195. The zero-order chi connectivity index (χ0) is 29.5. The van der Waals surface area contributed by atoms with Gasteiger partial charge < -0.3 is 18.9 Å². The van der Waals surface area contributed by atoms with Crippen molar-refractivity contribution in [3.63, 3.8) is 0 Å². The molecule has 228 valence electrons. The Bertz CT molecular complexity index is 965. The number of carbonyl (C=O) groups is 2. The predicted octanol–water partition coefficient (Wildman–Crippen LogP) is 6.96. The minimum Gasteiger partial charge on any atom is -0.461 e. The Morgan fingerprint density at radius 1 is 1.02 bits per heavy atom. The molecule has 0 aromatic heterocycles. The van der Waals surface area contributed by atoms with Gasteiger partial charge in [-0.25, -0.2) is 18.4 Å². The zero-order valence-electron chi connectivity index (χ0n) is 25.5. The molecule has 0 radical (unpaired) electrons. The van der Waals surface area contributed by atoms with Gasteiger partial charge >= 0.3 is 11.9 Å². The maximum Gasteiger partial charge on any atom is 0.417 e. The summed E-state index contributed by atoms with van der Waals surface area (Å²) < 4.78 is 51.2. The lowest BCUT2D eigenvalue weighted by Gasteiger charge is -2.58. The van der Waals surface area contributed by atoms with Crippen LogP contribution in [0.25, 0.3) is 0 Å². The van der Waals surface area contributed by atoms with Gasteiger partial charge in [0.15, 0.2) is 6.10 Å². The van der Waals surface area contributed by atoms with Crippen molar-refractivity contribution >= 4 is 11.9 Å². The Balaban J connectivity index is 1.50. The lowest BCUT2D eigenvalue weighted by atomic mass is 9.47. The second-order valence-electron chi connectivity index (χ2n) is 13.9. The van der Waals surface area contributed by atoms with Crippen molar-refractivity contribution in [2.24, 2.45) is 46.3 Å². The van der Waals surface area contributed by atoms with Gasteiger partial charge in [-0.2, -0.15) is 0 Å². The summed E-state index contributed by atoms with van der Waals surface area (Å²) in [5, 5.41) is 0. The second-order valence-corrected chi connectivity index (χ2v) is 13.9. The van der Waals surface area contributed by atoms with Crippen LogP contribution in [-0.2, 0) is 28.5 Å². The maximum absolute atomic E-state index is 15.3. The topological polar surface area (TPSA) is 71.1 Å². The first-order valence-electron chi connectivity index (χ1n) is 15.3. The van der Waals surface area contributed by atoms with E-state index in [4.69, 9.17) is 14.2 Å². The number of hydrogen-bond donors (Lipinski definition) is 0. The van der Waals surface area contributed by atoms with Crippen LogP contribution in [0.4, 0.5) is 8.78 Å². The number of rotatable bonds is 9. The second kappa shape index (κ2) is 12.0. The molecule has 0 amide bonds. The SMILES string of the molecule is COCO[C@H]1CC[C@@]2(C)C(=CC[C@H]3[C@@H]4CC[C@H]([C@H](C)CC(OC(=O)C(=O)OC)C(F)(F)C(C)C)[C@@]4(C)CC[C@@H]32)C1. The minimum absolute atomic E-state index is 0.0274. The molecular formula is C32H50F2O6. The molecule has 0 bridgehead atoms. The normalized spacial score (nSPS) is 37.0. The molecule has 9 atom stereocenters. The van der Waals surface area contributed by atoms with Crippen LogP contribution >= 0.6 is 0 Å². The summed E-state index contributed by atoms with van der Waals surface area (Å²) in [6.45, 7) is 10.1. The van der Waals surface area contributed by atoms with Crippen LogP contribution in [0, 0.1) is 46.3 Å². The molecule has 3 fully saturated rings. The molecule has 0 spiro atoms. The number of halogens is 2. The van der Waals surface area contributed by atoms with Crippen LogP contribution < -0.4 is 0 Å². The largest absolute Gasteiger partial charge is 0.461 e. The first kappa shape index (κ1) is 31.4. The smallest absolute Gasteiger partial charge is 0.417 e. The molecule has 4 aliphatic rings. The van der Waals surface area contributed by atoms with Gasteiger partial charge in [-0.1, -0.05) is 46.3 Å². The van der Waals surface area contributed by atoms with Crippen LogP contribution in [0.2, 0.25) is 0 Å². The van der Waals surface area contributed by atoms with Gasteiger partial charge in [0.25, 0.3) is 5.92 Å². The highest BCUT2D eigenvalue weighted by Gasteiger charge is 2.60. The Kier molecular flexibility index (Phi) is 9.41. The molecule has 1 unspecified atom stereocenters. The first-order chi connectivity index (χ1) is 18.8. The number of ether oxygens (including phenoxy) is 4. The van der Waals surface area contributed by atoms with E-state index in [1.54, 1.807) is 12.7 Å². The molecule has 3 saturated carbocycles. The third-order valence-electron chi connectivity index (χ3n) is 11.6. The van der Waals surface area contributed by atoms with E-state index in [1.807, 2.05) is 6.92 Å². The highest BCUT2D eigenvalue weighted by Crippen LogP contribution is 2.67. The van der Waals surface area contributed by atoms with E-state index in [1.165, 1.54) is 13.8 Å². The summed E-state index contributed by atoms with van der Waals surface area (Å²) >= 11 is 0. The summed E-state index contributed by atoms with van der Waals surface area (Å²) in [4.78, 5) is 23.9. The highest BCUT2D eigenvalue weighted by molar-refractivity contribution is 6.29. The molecule has 8 heteroatoms. The fraction of sp³-hybridized carbons (Fsp3) is 0.875. The molecule has 40 heavy (non-hydrogen) atoms. The Morgan fingerprint density at radius 2 is 1.75 bits per heavy atom. The summed E-state index contributed by atoms with van der Waals surface area (Å²) in [6, 6.07) is 0. The molecule has 4 rings (SSSR count). The number of fused-ring (bicyclic) bond motifs is 5. The van der Waals surface area contributed by atoms with Crippen LogP contribution in [0.1, 0.15) is 92.4 Å². The molecule has 0 N–H and O–H groups in total. The third kappa shape index (κ3) is 5.60. The van der Waals surface area contributed by atoms with E-state index >= 15 is 8.78 Å². The zero-order valence-corrected chi connectivity index (χ0v) is 25.5. The summed E-state index contributed by atoms with van der Waals surface area (Å²) in [5.74, 6) is -4.90. The summed E-state index contributed by atoms with van der Waals surface area (Å²) in [6.07, 6.45) is 9.70. The molecule has 0 aromatic carbocycles. The minimum atomic E-state index is -3.25. The van der Waals surface area contributed by atoms with Crippen molar-refractivity contribution in [3.05, 3.63) is 11.6 Å². The Hall–Kier alpha value is -1.54. The average Bonchev–Trinajstić information content (AvgIpc) is 3.28. The number of methoxy groups -OCH3 is 2. The summed E-state index contributed by atoms with van der Waals surface area (Å²) in [7, 11) is 2.71. The van der Waals surface area contributed by atoms with Gasteiger partial charge in [0.05, 0.1) is 13.2 Å². The average molecular weight is 569 g/mol. The van der Waals surface area contributed by atoms with Crippen molar-refractivity contribution in [1.82, 2.24) is 0 Å². The van der Waals surface area contributed by atoms with Crippen LogP contribution in [0.15, 0.2) is 11.6 Å². The lowest BCUT2D eigenvalue weighted by Crippen LogP contribution is -2.51. The van der Waals surface area contributed by atoms with Crippen molar-refractivity contribution in [1.29, 1.82) is 0 Å². The molecule has 0 aromatic rings. The number of carbonyl (C=O) groups excluding carboxylic acids is 2. The first-order valence-corrected chi connectivity index (χ1v) is 15.3. The molecule has 4 aliphatic carbocycles. The number of allylic oxidation sites excluding steroid dienone is 1. The standard InChI is InChI=1S/C32H50F2O6/c1-19(2)32(33,34)27(40-29(36)28(35)38-7)16-20(3)24-10-11-25-23-9-8-21-17-22(39-18-37-6)12-14-30(21,4)26(23)13-15-31(24,25)5/h8,19-20,22-27H,9-18H2,1-7H3/t20-,22+,23+,24-,25+,26+,27?,30+,31-/m1/s1. The van der Waals surface area contributed by atoms with Crippen LogP contribution in [-0.4, -0.2) is 51.1 Å². The van der Waals surface area contributed by atoms with Crippen molar-refractivity contribution in [3.8, 4) is 0 Å². The van der Waals surface area contributed by atoms with E-state index < -0.39 is 29.9 Å². The fourth-order valence-corrected chi connectivity index (χ4v) is 9.33. The van der Waals surface area contributed by atoms with E-state index in [-0.39, 0.29) is 35.2 Å². The van der Waals surface area contributed by atoms with Gasteiger partial charge in [0.1, 0.15) is 6.79 Å². The Labute approximate surface area is 238 Å². The summed E-state index contributed by atoms with van der Waals surface area (Å²) in [5.41, 5.74) is 1.82. The molecule has 6 nitrogen and oxygen atoms in total. The Morgan fingerprint density at radius 3 is 2.40 bits per heavy atom. The molecule has 0 aliphatic heterocycles. The highest BCUT2D eigenvalue weighted by atomic mass is 19.3. The maximum atomic E-state index is 15.3.